The summed E-state index contributed by atoms with van der Waals surface area (Å²) in [5, 5.41) is 0. The fourth-order valence-corrected chi connectivity index (χ4v) is 2.12. The molecule has 0 aliphatic carbocycles. The minimum Gasteiger partial charge on any atom is -0.484 e. The predicted molar refractivity (Wildman–Crippen MR) is 75.1 cm³/mol. The van der Waals surface area contributed by atoms with Gasteiger partial charge in [0.1, 0.15) is 12.4 Å². The Morgan fingerprint density at radius 2 is 1.95 bits per heavy atom. The summed E-state index contributed by atoms with van der Waals surface area (Å²) < 4.78 is 7.77. The molecule has 0 saturated heterocycles. The van der Waals surface area contributed by atoms with Gasteiger partial charge in [-0.05, 0) is 31.2 Å². The first kappa shape index (κ1) is 11.6. The van der Waals surface area contributed by atoms with Crippen molar-refractivity contribution < 1.29 is 4.74 Å². The second-order valence-electron chi connectivity index (χ2n) is 4.40. The standard InChI is InChI=1S/C15H15N3O/c1-11-13-7-4-5-9-18(13)15(17-11)10-19-14-8-3-2-6-12(14)16/h2-9H,10,16H2,1H3. The lowest BCUT2D eigenvalue weighted by atomic mass is 10.3. The normalized spacial score (nSPS) is 10.8. The number of para-hydroxylation sites is 2. The van der Waals surface area contributed by atoms with E-state index < -0.39 is 0 Å². The third kappa shape index (κ3) is 2.12. The van der Waals surface area contributed by atoms with Crippen molar-refractivity contribution in [2.75, 3.05) is 5.73 Å². The SMILES string of the molecule is Cc1nc(COc2ccccc2N)n2ccccc12. The van der Waals surface area contributed by atoms with Gasteiger partial charge in [-0.2, -0.15) is 0 Å². The number of aryl methyl sites for hydroxylation is 1. The molecule has 1 aromatic carbocycles. The van der Waals surface area contributed by atoms with E-state index in [0.717, 1.165) is 17.0 Å². The number of rotatable bonds is 3. The highest BCUT2D eigenvalue weighted by Gasteiger charge is 2.08. The first-order valence-corrected chi connectivity index (χ1v) is 6.15. The van der Waals surface area contributed by atoms with Crippen LogP contribution in [0.2, 0.25) is 0 Å². The van der Waals surface area contributed by atoms with Gasteiger partial charge in [0.25, 0.3) is 0 Å². The predicted octanol–water partition coefficient (Wildman–Crippen LogP) is 2.80. The Morgan fingerprint density at radius 3 is 2.79 bits per heavy atom. The maximum absolute atomic E-state index is 5.85. The molecule has 0 aliphatic rings. The van der Waals surface area contributed by atoms with E-state index in [1.165, 1.54) is 0 Å². The van der Waals surface area contributed by atoms with Gasteiger partial charge in [0.15, 0.2) is 5.82 Å². The van der Waals surface area contributed by atoms with Gasteiger partial charge in [0, 0.05) is 6.20 Å². The topological polar surface area (TPSA) is 52.5 Å². The van der Waals surface area contributed by atoms with Crippen molar-refractivity contribution in [1.29, 1.82) is 0 Å². The molecule has 0 fully saturated rings. The lowest BCUT2D eigenvalue weighted by molar-refractivity contribution is 0.297. The third-order valence-corrected chi connectivity index (χ3v) is 3.08. The summed E-state index contributed by atoms with van der Waals surface area (Å²) in [4.78, 5) is 4.53. The Labute approximate surface area is 111 Å². The van der Waals surface area contributed by atoms with E-state index in [1.54, 1.807) is 0 Å². The van der Waals surface area contributed by atoms with Crippen molar-refractivity contribution in [1.82, 2.24) is 9.38 Å². The molecule has 2 aromatic heterocycles. The van der Waals surface area contributed by atoms with Crippen LogP contribution in [0, 0.1) is 6.92 Å². The van der Waals surface area contributed by atoms with Crippen LogP contribution < -0.4 is 10.5 Å². The van der Waals surface area contributed by atoms with Gasteiger partial charge in [-0.1, -0.05) is 18.2 Å². The number of pyridine rings is 1. The summed E-state index contributed by atoms with van der Waals surface area (Å²) in [7, 11) is 0. The molecule has 0 spiro atoms. The molecule has 2 heterocycles. The number of fused-ring (bicyclic) bond motifs is 1. The van der Waals surface area contributed by atoms with E-state index in [1.807, 2.05) is 60.0 Å². The zero-order chi connectivity index (χ0) is 13.2. The molecule has 3 aromatic rings. The van der Waals surface area contributed by atoms with Crippen LogP contribution in [0.25, 0.3) is 5.52 Å². The second kappa shape index (κ2) is 4.65. The second-order valence-corrected chi connectivity index (χ2v) is 4.40. The van der Waals surface area contributed by atoms with Crippen LogP contribution in [0.3, 0.4) is 0 Å². The van der Waals surface area contributed by atoms with Crippen molar-refractivity contribution in [2.24, 2.45) is 0 Å². The van der Waals surface area contributed by atoms with Crippen molar-refractivity contribution in [2.45, 2.75) is 13.5 Å². The van der Waals surface area contributed by atoms with Gasteiger partial charge in [0.05, 0.1) is 16.9 Å². The highest BCUT2D eigenvalue weighted by Crippen LogP contribution is 2.21. The molecule has 19 heavy (non-hydrogen) atoms. The van der Waals surface area contributed by atoms with Gasteiger partial charge in [-0.15, -0.1) is 0 Å². The van der Waals surface area contributed by atoms with Gasteiger partial charge in [0.2, 0.25) is 0 Å². The lowest BCUT2D eigenvalue weighted by Gasteiger charge is -2.07. The number of nitrogens with two attached hydrogens (primary N) is 1. The van der Waals surface area contributed by atoms with E-state index in [9.17, 15) is 0 Å². The summed E-state index contributed by atoms with van der Waals surface area (Å²) in [6.07, 6.45) is 1.99. The number of ether oxygens (including phenoxy) is 1. The third-order valence-electron chi connectivity index (χ3n) is 3.08. The van der Waals surface area contributed by atoms with Crippen LogP contribution in [0.1, 0.15) is 11.5 Å². The molecule has 0 saturated carbocycles. The number of nitrogens with zero attached hydrogens (tertiary/aromatic N) is 2. The van der Waals surface area contributed by atoms with E-state index in [0.29, 0.717) is 18.0 Å². The summed E-state index contributed by atoms with van der Waals surface area (Å²) >= 11 is 0. The Morgan fingerprint density at radius 1 is 1.16 bits per heavy atom. The number of aromatic nitrogens is 2. The maximum Gasteiger partial charge on any atom is 0.151 e. The molecule has 0 amide bonds. The highest BCUT2D eigenvalue weighted by molar-refractivity contribution is 5.53. The zero-order valence-corrected chi connectivity index (χ0v) is 10.7. The quantitative estimate of drug-likeness (QED) is 0.730. The minimum atomic E-state index is 0.396. The molecule has 0 aliphatic heterocycles. The van der Waals surface area contributed by atoms with Crippen LogP contribution >= 0.6 is 0 Å². The Bertz CT molecular complexity index is 718. The highest BCUT2D eigenvalue weighted by atomic mass is 16.5. The van der Waals surface area contributed by atoms with Crippen molar-refractivity contribution in [3.05, 3.63) is 60.2 Å². The van der Waals surface area contributed by atoms with Crippen LogP contribution in [0.5, 0.6) is 5.75 Å². The molecule has 0 atom stereocenters. The summed E-state index contributed by atoms with van der Waals surface area (Å²) in [5.41, 5.74) is 8.59. The number of nitrogen functional groups attached to an aromatic ring is 1. The first-order chi connectivity index (χ1) is 9.25. The Kier molecular flexibility index (Phi) is 2.83. The molecule has 96 valence electrons. The Balaban J connectivity index is 1.88. The molecule has 0 radical (unpaired) electrons. The fourth-order valence-electron chi connectivity index (χ4n) is 2.12. The summed E-state index contributed by atoms with van der Waals surface area (Å²) in [6, 6.07) is 13.5. The average Bonchev–Trinajstić information content (AvgIpc) is 2.75. The van der Waals surface area contributed by atoms with Crippen LogP contribution in [0.4, 0.5) is 5.69 Å². The van der Waals surface area contributed by atoms with Crippen molar-refractivity contribution in [3.63, 3.8) is 0 Å². The van der Waals surface area contributed by atoms with Crippen LogP contribution in [0.15, 0.2) is 48.7 Å². The maximum atomic E-state index is 5.85. The first-order valence-electron chi connectivity index (χ1n) is 6.15. The molecule has 4 nitrogen and oxygen atoms in total. The number of imidazole rings is 1. The summed E-state index contributed by atoms with van der Waals surface area (Å²) in [6.45, 7) is 2.39. The monoisotopic (exact) mass is 253 g/mol. The Hall–Kier alpha value is -2.49. The summed E-state index contributed by atoms with van der Waals surface area (Å²) in [5.74, 6) is 1.56. The lowest BCUT2D eigenvalue weighted by Crippen LogP contribution is -2.02. The van der Waals surface area contributed by atoms with Gasteiger partial charge in [-0.3, -0.25) is 0 Å². The smallest absolute Gasteiger partial charge is 0.151 e. The fraction of sp³-hybridized carbons (Fsp3) is 0.133. The van der Waals surface area contributed by atoms with Crippen molar-refractivity contribution >= 4 is 11.2 Å². The van der Waals surface area contributed by atoms with Crippen LogP contribution in [-0.2, 0) is 6.61 Å². The largest absolute Gasteiger partial charge is 0.484 e. The number of hydrogen-bond donors (Lipinski definition) is 1. The minimum absolute atomic E-state index is 0.396. The van der Waals surface area contributed by atoms with E-state index in [2.05, 4.69) is 4.98 Å². The molecule has 0 unspecified atom stereocenters. The van der Waals surface area contributed by atoms with Gasteiger partial charge in [-0.25, -0.2) is 4.98 Å². The average molecular weight is 253 g/mol. The van der Waals surface area contributed by atoms with Crippen molar-refractivity contribution in [3.8, 4) is 5.75 Å². The molecule has 4 heteroatoms. The van der Waals surface area contributed by atoms with E-state index in [-0.39, 0.29) is 0 Å². The molecule has 2 N–H and O–H groups in total. The number of anilines is 1. The number of benzene rings is 1. The molecular formula is C15H15N3O. The molecule has 3 rings (SSSR count). The molecular weight excluding hydrogens is 238 g/mol. The number of hydrogen-bond acceptors (Lipinski definition) is 3. The van der Waals surface area contributed by atoms with Gasteiger partial charge >= 0.3 is 0 Å². The van der Waals surface area contributed by atoms with Crippen LogP contribution in [-0.4, -0.2) is 9.38 Å². The molecule has 0 bridgehead atoms. The van der Waals surface area contributed by atoms with E-state index >= 15 is 0 Å². The van der Waals surface area contributed by atoms with E-state index in [4.69, 9.17) is 10.5 Å². The van der Waals surface area contributed by atoms with Gasteiger partial charge < -0.3 is 14.9 Å². The zero-order valence-electron chi connectivity index (χ0n) is 10.7.